The van der Waals surface area contributed by atoms with Gasteiger partial charge in [-0.25, -0.2) is 9.37 Å². The lowest BCUT2D eigenvalue weighted by atomic mass is 10.1. The lowest BCUT2D eigenvalue weighted by Gasteiger charge is -2.05. The number of aryl methyl sites for hydroxylation is 1. The summed E-state index contributed by atoms with van der Waals surface area (Å²) in [6.07, 6.45) is 3.08. The second-order valence-corrected chi connectivity index (χ2v) is 4.03. The van der Waals surface area contributed by atoms with Crippen molar-refractivity contribution in [2.75, 3.05) is 0 Å². The lowest BCUT2D eigenvalue weighted by Crippen LogP contribution is -2.23. The second-order valence-electron chi connectivity index (χ2n) is 4.03. The van der Waals surface area contributed by atoms with Gasteiger partial charge in [-0.05, 0) is 12.1 Å². The Morgan fingerprint density at radius 1 is 1.58 bits per heavy atom. The van der Waals surface area contributed by atoms with E-state index in [0.29, 0.717) is 5.56 Å². The molecule has 19 heavy (non-hydrogen) atoms. The van der Waals surface area contributed by atoms with Crippen molar-refractivity contribution in [2.24, 2.45) is 7.05 Å². The Balaban J connectivity index is 2.03. The van der Waals surface area contributed by atoms with Crippen molar-refractivity contribution in [3.63, 3.8) is 0 Å². The number of nitriles is 1. The highest BCUT2D eigenvalue weighted by molar-refractivity contribution is 5.91. The largest absolute Gasteiger partial charge is 0.346 e. The maximum absolute atomic E-state index is 13.6. The average Bonchev–Trinajstić information content (AvgIpc) is 2.83. The summed E-state index contributed by atoms with van der Waals surface area (Å²) in [6, 6.07) is 5.97. The van der Waals surface area contributed by atoms with Crippen molar-refractivity contribution in [1.29, 1.82) is 5.26 Å². The van der Waals surface area contributed by atoms with E-state index in [4.69, 9.17) is 5.26 Å². The molecular formula is C13H11FN4O. The summed E-state index contributed by atoms with van der Waals surface area (Å²) in [5.74, 6) is -0.885. The molecule has 0 saturated carbocycles. The van der Waals surface area contributed by atoms with Gasteiger partial charge in [0, 0.05) is 25.4 Å². The lowest BCUT2D eigenvalue weighted by molar-refractivity contribution is 0.0946. The van der Waals surface area contributed by atoms with Crippen LogP contribution in [0.2, 0.25) is 0 Å². The minimum atomic E-state index is -0.514. The highest BCUT2D eigenvalue weighted by Gasteiger charge is 2.10. The van der Waals surface area contributed by atoms with Crippen LogP contribution in [-0.2, 0) is 13.6 Å². The standard InChI is InChI=1S/C13H11FN4O/c1-18-7-12(17-8-18)13(19)16-6-10-3-2-9(5-15)4-11(10)14/h2-4,7-8H,6H2,1H3,(H,16,19). The molecule has 2 rings (SSSR count). The average molecular weight is 258 g/mol. The Bertz CT molecular complexity index is 657. The van der Waals surface area contributed by atoms with Crippen LogP contribution in [0.5, 0.6) is 0 Å². The third-order valence-corrected chi connectivity index (χ3v) is 2.56. The van der Waals surface area contributed by atoms with Crippen molar-refractivity contribution in [1.82, 2.24) is 14.9 Å². The van der Waals surface area contributed by atoms with Crippen LogP contribution < -0.4 is 5.32 Å². The normalized spacial score (nSPS) is 9.95. The van der Waals surface area contributed by atoms with E-state index in [0.717, 1.165) is 6.07 Å². The fraction of sp³-hybridized carbons (Fsp3) is 0.154. The molecule has 5 nitrogen and oxygen atoms in total. The SMILES string of the molecule is Cn1cnc(C(=O)NCc2ccc(C#N)cc2F)c1. The van der Waals surface area contributed by atoms with Gasteiger partial charge in [-0.1, -0.05) is 6.07 Å². The molecule has 1 aromatic carbocycles. The zero-order valence-electron chi connectivity index (χ0n) is 10.2. The summed E-state index contributed by atoms with van der Waals surface area (Å²) in [5.41, 5.74) is 0.845. The number of aromatic nitrogens is 2. The van der Waals surface area contributed by atoms with Crippen LogP contribution in [0, 0.1) is 17.1 Å². The van der Waals surface area contributed by atoms with Crippen LogP contribution in [-0.4, -0.2) is 15.5 Å². The molecule has 0 spiro atoms. The van der Waals surface area contributed by atoms with E-state index in [9.17, 15) is 9.18 Å². The molecular weight excluding hydrogens is 247 g/mol. The third-order valence-electron chi connectivity index (χ3n) is 2.56. The van der Waals surface area contributed by atoms with Gasteiger partial charge in [0.1, 0.15) is 11.5 Å². The van der Waals surface area contributed by atoms with Gasteiger partial charge in [-0.2, -0.15) is 5.26 Å². The van der Waals surface area contributed by atoms with Crippen LogP contribution in [0.4, 0.5) is 4.39 Å². The number of imidazole rings is 1. The first-order chi connectivity index (χ1) is 9.10. The zero-order valence-corrected chi connectivity index (χ0v) is 10.2. The van der Waals surface area contributed by atoms with E-state index in [1.807, 2.05) is 6.07 Å². The molecule has 0 aliphatic heterocycles. The predicted octanol–water partition coefficient (Wildman–Crippen LogP) is 1.36. The minimum absolute atomic E-state index is 0.0486. The summed E-state index contributed by atoms with van der Waals surface area (Å²) < 4.78 is 15.2. The first kappa shape index (κ1) is 12.8. The molecule has 96 valence electrons. The van der Waals surface area contributed by atoms with Gasteiger partial charge in [0.25, 0.3) is 5.91 Å². The number of halogens is 1. The highest BCUT2D eigenvalue weighted by Crippen LogP contribution is 2.09. The minimum Gasteiger partial charge on any atom is -0.346 e. The van der Waals surface area contributed by atoms with E-state index in [-0.39, 0.29) is 23.7 Å². The Labute approximate surface area is 109 Å². The van der Waals surface area contributed by atoms with Crippen LogP contribution in [0.15, 0.2) is 30.7 Å². The number of rotatable bonds is 3. The fourth-order valence-corrected chi connectivity index (χ4v) is 1.56. The Morgan fingerprint density at radius 2 is 2.37 bits per heavy atom. The topological polar surface area (TPSA) is 70.7 Å². The molecule has 0 aliphatic rings. The first-order valence-corrected chi connectivity index (χ1v) is 5.55. The summed E-state index contributed by atoms with van der Waals surface area (Å²) in [6.45, 7) is 0.0486. The van der Waals surface area contributed by atoms with Crippen molar-refractivity contribution in [3.8, 4) is 6.07 Å². The number of nitrogens with one attached hydrogen (secondary N) is 1. The van der Waals surface area contributed by atoms with Crippen LogP contribution in [0.1, 0.15) is 21.6 Å². The molecule has 6 heteroatoms. The molecule has 0 aliphatic carbocycles. The maximum Gasteiger partial charge on any atom is 0.271 e. The molecule has 2 aromatic rings. The summed E-state index contributed by atoms with van der Waals surface area (Å²) in [4.78, 5) is 15.6. The van der Waals surface area contributed by atoms with Gasteiger partial charge in [-0.3, -0.25) is 4.79 Å². The molecule has 1 N–H and O–H groups in total. The van der Waals surface area contributed by atoms with Crippen LogP contribution in [0.25, 0.3) is 0 Å². The molecule has 0 unspecified atom stereocenters. The number of carbonyl (C=O) groups excluding carboxylic acids is 1. The van der Waals surface area contributed by atoms with Crippen molar-refractivity contribution >= 4 is 5.91 Å². The third kappa shape index (κ3) is 2.96. The quantitative estimate of drug-likeness (QED) is 0.903. The second kappa shape index (κ2) is 5.31. The number of hydrogen-bond acceptors (Lipinski definition) is 3. The van der Waals surface area contributed by atoms with Crippen LogP contribution >= 0.6 is 0 Å². The fourth-order valence-electron chi connectivity index (χ4n) is 1.56. The van der Waals surface area contributed by atoms with Crippen molar-refractivity contribution < 1.29 is 9.18 Å². The number of benzene rings is 1. The number of nitrogens with zero attached hydrogens (tertiary/aromatic N) is 3. The zero-order chi connectivity index (χ0) is 13.8. The highest BCUT2D eigenvalue weighted by atomic mass is 19.1. The molecule has 0 bridgehead atoms. The van der Waals surface area contributed by atoms with Gasteiger partial charge < -0.3 is 9.88 Å². The van der Waals surface area contributed by atoms with Gasteiger partial charge >= 0.3 is 0 Å². The Hall–Kier alpha value is -2.68. The first-order valence-electron chi connectivity index (χ1n) is 5.55. The smallest absolute Gasteiger partial charge is 0.271 e. The van der Waals surface area contributed by atoms with Crippen molar-refractivity contribution in [2.45, 2.75) is 6.54 Å². The molecule has 1 heterocycles. The van der Waals surface area contributed by atoms with Crippen LogP contribution in [0.3, 0.4) is 0 Å². The van der Waals surface area contributed by atoms with Gasteiger partial charge in [0.05, 0.1) is 18.0 Å². The van der Waals surface area contributed by atoms with E-state index in [1.165, 1.54) is 18.5 Å². The molecule has 1 amide bonds. The van der Waals surface area contributed by atoms with Crippen molar-refractivity contribution in [3.05, 3.63) is 53.4 Å². The number of amides is 1. The van der Waals surface area contributed by atoms with Gasteiger partial charge in [0.15, 0.2) is 0 Å². The van der Waals surface area contributed by atoms with E-state index < -0.39 is 5.82 Å². The number of hydrogen-bond donors (Lipinski definition) is 1. The van der Waals surface area contributed by atoms with Gasteiger partial charge in [0.2, 0.25) is 0 Å². The summed E-state index contributed by atoms with van der Waals surface area (Å²) >= 11 is 0. The van der Waals surface area contributed by atoms with Gasteiger partial charge in [-0.15, -0.1) is 0 Å². The molecule has 0 fully saturated rings. The van der Waals surface area contributed by atoms with E-state index in [1.54, 1.807) is 17.8 Å². The predicted molar refractivity (Wildman–Crippen MR) is 65.5 cm³/mol. The molecule has 0 saturated heterocycles. The maximum atomic E-state index is 13.6. The van der Waals surface area contributed by atoms with E-state index in [2.05, 4.69) is 10.3 Å². The summed E-state index contributed by atoms with van der Waals surface area (Å²) in [7, 11) is 1.75. The summed E-state index contributed by atoms with van der Waals surface area (Å²) in [5, 5.41) is 11.2. The number of carbonyl (C=O) groups is 1. The molecule has 0 atom stereocenters. The monoisotopic (exact) mass is 258 g/mol. The molecule has 1 aromatic heterocycles. The molecule has 0 radical (unpaired) electrons. The Morgan fingerprint density at radius 3 is 2.95 bits per heavy atom. The van der Waals surface area contributed by atoms with E-state index >= 15 is 0 Å². The Kier molecular flexibility index (Phi) is 3.57.